The molecule has 0 saturated carbocycles. The second-order valence-corrected chi connectivity index (χ2v) is 3.25. The molecule has 0 amide bonds. The van der Waals surface area contributed by atoms with Gasteiger partial charge in [-0.2, -0.15) is 0 Å². The molecule has 0 aromatic carbocycles. The monoisotopic (exact) mass is 150 g/mol. The molecule has 0 bridgehead atoms. The maximum atomic E-state index is 10.3. The molecule has 1 saturated heterocycles. The minimum absolute atomic E-state index is 0.492. The largest absolute Gasteiger partial charge is 0.363 e. The van der Waals surface area contributed by atoms with Gasteiger partial charge in [-0.15, -0.1) is 0 Å². The summed E-state index contributed by atoms with van der Waals surface area (Å²) in [6.45, 7) is 0.605. The average molecular weight is 150 g/mol. The summed E-state index contributed by atoms with van der Waals surface area (Å²) >= 11 is 0. The van der Waals surface area contributed by atoms with Crippen molar-refractivity contribution in [3.05, 3.63) is 0 Å². The molecule has 1 rings (SSSR count). The van der Waals surface area contributed by atoms with Gasteiger partial charge in [-0.1, -0.05) is 0 Å². The standard InChI is InChI=1S/C5H10O3S/c6-9(7)5-3-1-2-4-8-5/h5,9H,1-4H2. The summed E-state index contributed by atoms with van der Waals surface area (Å²) in [4.78, 5) is 0. The molecule has 3 nitrogen and oxygen atoms in total. The van der Waals surface area contributed by atoms with Gasteiger partial charge < -0.3 is 4.74 Å². The van der Waals surface area contributed by atoms with E-state index in [1.165, 1.54) is 0 Å². The highest BCUT2D eigenvalue weighted by Crippen LogP contribution is 2.12. The molecular formula is C5H10O3S. The third-order valence-corrected chi connectivity index (χ3v) is 2.27. The molecule has 0 aromatic heterocycles. The molecule has 0 aromatic rings. The van der Waals surface area contributed by atoms with Gasteiger partial charge in [0.1, 0.15) is 0 Å². The smallest absolute Gasteiger partial charge is 0.167 e. The maximum Gasteiger partial charge on any atom is 0.167 e. The summed E-state index contributed by atoms with van der Waals surface area (Å²) in [5.41, 5.74) is -0.492. The van der Waals surface area contributed by atoms with E-state index in [0.717, 1.165) is 12.8 Å². The first-order valence-corrected chi connectivity index (χ1v) is 4.30. The van der Waals surface area contributed by atoms with E-state index in [0.29, 0.717) is 13.0 Å². The lowest BCUT2D eigenvalue weighted by Gasteiger charge is -2.16. The Hall–Kier alpha value is -0.0900. The van der Waals surface area contributed by atoms with Gasteiger partial charge in [-0.25, -0.2) is 8.42 Å². The Morgan fingerprint density at radius 1 is 1.33 bits per heavy atom. The van der Waals surface area contributed by atoms with Gasteiger partial charge >= 0.3 is 0 Å². The van der Waals surface area contributed by atoms with Crippen LogP contribution in [0.3, 0.4) is 0 Å². The predicted octanol–water partition coefficient (Wildman–Crippen LogP) is 0.124. The molecule has 9 heavy (non-hydrogen) atoms. The van der Waals surface area contributed by atoms with Crippen LogP contribution in [0, 0.1) is 0 Å². The van der Waals surface area contributed by atoms with Crippen molar-refractivity contribution in [2.24, 2.45) is 0 Å². The molecule has 0 radical (unpaired) electrons. The Bertz CT molecular complexity index is 138. The Kier molecular flexibility index (Phi) is 2.48. The topological polar surface area (TPSA) is 43.4 Å². The molecule has 0 aliphatic carbocycles. The van der Waals surface area contributed by atoms with Crippen molar-refractivity contribution in [1.29, 1.82) is 0 Å². The second kappa shape index (κ2) is 3.17. The van der Waals surface area contributed by atoms with E-state index in [1.54, 1.807) is 0 Å². The third-order valence-electron chi connectivity index (χ3n) is 1.39. The molecule has 1 heterocycles. The van der Waals surface area contributed by atoms with E-state index in [1.807, 2.05) is 0 Å². The molecule has 0 N–H and O–H groups in total. The molecule has 1 fully saturated rings. The minimum Gasteiger partial charge on any atom is -0.363 e. The van der Waals surface area contributed by atoms with Crippen molar-refractivity contribution in [3.8, 4) is 0 Å². The lowest BCUT2D eigenvalue weighted by atomic mass is 10.2. The van der Waals surface area contributed by atoms with E-state index in [4.69, 9.17) is 4.74 Å². The number of thiol groups is 1. The van der Waals surface area contributed by atoms with Gasteiger partial charge in [-0.05, 0) is 19.3 Å². The number of hydrogen-bond donors (Lipinski definition) is 1. The van der Waals surface area contributed by atoms with E-state index >= 15 is 0 Å². The van der Waals surface area contributed by atoms with E-state index in [9.17, 15) is 8.42 Å². The third kappa shape index (κ3) is 1.95. The van der Waals surface area contributed by atoms with Gasteiger partial charge in [-0.3, -0.25) is 0 Å². The van der Waals surface area contributed by atoms with Crippen LogP contribution < -0.4 is 0 Å². The lowest BCUT2D eigenvalue weighted by Crippen LogP contribution is -2.19. The van der Waals surface area contributed by atoms with Crippen molar-refractivity contribution in [1.82, 2.24) is 0 Å². The fraction of sp³-hybridized carbons (Fsp3) is 1.00. The normalized spacial score (nSPS) is 28.8. The minimum atomic E-state index is -2.34. The Morgan fingerprint density at radius 3 is 2.44 bits per heavy atom. The van der Waals surface area contributed by atoms with Gasteiger partial charge in [0.25, 0.3) is 0 Å². The fourth-order valence-corrected chi connectivity index (χ4v) is 1.51. The van der Waals surface area contributed by atoms with Crippen molar-refractivity contribution >= 4 is 10.7 Å². The summed E-state index contributed by atoms with van der Waals surface area (Å²) < 4.78 is 25.5. The van der Waals surface area contributed by atoms with Crippen LogP contribution in [0.2, 0.25) is 0 Å². The van der Waals surface area contributed by atoms with Crippen LogP contribution in [0.5, 0.6) is 0 Å². The molecule has 1 aliphatic heterocycles. The number of rotatable bonds is 1. The van der Waals surface area contributed by atoms with Gasteiger partial charge in [0, 0.05) is 6.61 Å². The first kappa shape index (κ1) is 7.02. The van der Waals surface area contributed by atoms with Gasteiger partial charge in [0.2, 0.25) is 0 Å². The van der Waals surface area contributed by atoms with Crippen LogP contribution in [0.1, 0.15) is 19.3 Å². The molecule has 1 aliphatic rings. The molecular weight excluding hydrogens is 140 g/mol. The van der Waals surface area contributed by atoms with Gasteiger partial charge in [0.15, 0.2) is 16.1 Å². The van der Waals surface area contributed by atoms with Crippen LogP contribution in [-0.4, -0.2) is 20.5 Å². The summed E-state index contributed by atoms with van der Waals surface area (Å²) in [6.07, 6.45) is 2.66. The number of hydrogen-bond acceptors (Lipinski definition) is 3. The highest BCUT2D eigenvalue weighted by molar-refractivity contribution is 7.72. The average Bonchev–Trinajstić information content (AvgIpc) is 1.90. The van der Waals surface area contributed by atoms with Crippen molar-refractivity contribution in [3.63, 3.8) is 0 Å². The van der Waals surface area contributed by atoms with Crippen molar-refractivity contribution < 1.29 is 13.2 Å². The summed E-state index contributed by atoms with van der Waals surface area (Å²) in [5.74, 6) is 0. The van der Waals surface area contributed by atoms with E-state index in [-0.39, 0.29) is 0 Å². The van der Waals surface area contributed by atoms with Crippen molar-refractivity contribution in [2.75, 3.05) is 6.61 Å². The SMILES string of the molecule is O=[SH](=O)C1CCCCO1. The maximum absolute atomic E-state index is 10.3. The van der Waals surface area contributed by atoms with Crippen LogP contribution in [0.15, 0.2) is 0 Å². The highest BCUT2D eigenvalue weighted by Gasteiger charge is 2.14. The van der Waals surface area contributed by atoms with E-state index in [2.05, 4.69) is 0 Å². The van der Waals surface area contributed by atoms with E-state index < -0.39 is 16.1 Å². The highest BCUT2D eigenvalue weighted by atomic mass is 32.2. The quantitative estimate of drug-likeness (QED) is 0.540. The Morgan fingerprint density at radius 2 is 2.11 bits per heavy atom. The molecule has 1 unspecified atom stereocenters. The Labute approximate surface area is 56.0 Å². The number of ether oxygens (including phenoxy) is 1. The zero-order chi connectivity index (χ0) is 6.69. The molecule has 1 atom stereocenters. The van der Waals surface area contributed by atoms with Crippen LogP contribution in [0.25, 0.3) is 0 Å². The zero-order valence-corrected chi connectivity index (χ0v) is 5.97. The first-order chi connectivity index (χ1) is 4.30. The fourth-order valence-electron chi connectivity index (χ4n) is 0.890. The van der Waals surface area contributed by atoms with Crippen molar-refractivity contribution in [2.45, 2.75) is 24.7 Å². The second-order valence-electron chi connectivity index (χ2n) is 2.11. The van der Waals surface area contributed by atoms with Gasteiger partial charge in [0.05, 0.1) is 0 Å². The first-order valence-electron chi connectivity index (χ1n) is 3.06. The zero-order valence-electron chi connectivity index (χ0n) is 5.08. The lowest BCUT2D eigenvalue weighted by molar-refractivity contribution is 0.0684. The van der Waals surface area contributed by atoms with Crippen LogP contribution in [-0.2, 0) is 15.4 Å². The predicted molar refractivity (Wildman–Crippen MR) is 33.9 cm³/mol. The Balaban J connectivity index is 2.40. The summed E-state index contributed by atoms with van der Waals surface area (Å²) in [6, 6.07) is 0. The van der Waals surface area contributed by atoms with Crippen LogP contribution >= 0.6 is 0 Å². The molecule has 4 heteroatoms. The molecule has 0 spiro atoms. The summed E-state index contributed by atoms with van der Waals surface area (Å²) in [7, 11) is -2.34. The molecule has 54 valence electrons. The van der Waals surface area contributed by atoms with Crippen LogP contribution in [0.4, 0.5) is 0 Å². The summed E-state index contributed by atoms with van der Waals surface area (Å²) in [5, 5.41) is 0.